The summed E-state index contributed by atoms with van der Waals surface area (Å²) < 4.78 is 0. The Balaban J connectivity index is -0.0000000273. The normalized spacial score (nSPS) is 7.04. The Morgan fingerprint density at radius 3 is 0.739 bits per heavy atom. The van der Waals surface area contributed by atoms with E-state index in [1.807, 2.05) is 0 Å². The maximum Gasteiger partial charge on any atom is 0.0553 e. The fraction of sp³-hybridized carbons (Fsp3) is 1.00. The van der Waals surface area contributed by atoms with Crippen molar-refractivity contribution in [2.24, 2.45) is 22.9 Å². The van der Waals surface area contributed by atoms with E-state index in [0.717, 1.165) is 13.1 Å². The molecule has 0 aromatic carbocycles. The van der Waals surface area contributed by atoms with E-state index in [9.17, 15) is 0 Å². The van der Waals surface area contributed by atoms with Gasteiger partial charge in [-0.1, -0.05) is 13.8 Å². The summed E-state index contributed by atoms with van der Waals surface area (Å²) >= 11 is 0. The van der Waals surface area contributed by atoms with Crippen LogP contribution >= 0.6 is 12.4 Å². The summed E-state index contributed by atoms with van der Waals surface area (Å²) in [5.74, 6) is 0. The first-order chi connectivity index (χ1) is 10.1. The van der Waals surface area contributed by atoms with Crippen LogP contribution in [0.4, 0.5) is 0 Å². The van der Waals surface area contributed by atoms with Crippen molar-refractivity contribution in [1.82, 2.24) is 5.32 Å². The molecule has 0 aliphatic heterocycles. The molecule has 0 fully saturated rings. The Morgan fingerprint density at radius 1 is 0.609 bits per heavy atom. The van der Waals surface area contributed by atoms with Crippen molar-refractivity contribution in [2.45, 2.75) is 13.8 Å². The summed E-state index contributed by atoms with van der Waals surface area (Å²) in [7, 11) is 0. The molecule has 0 saturated heterocycles. The second-order valence-corrected chi connectivity index (χ2v) is 3.01. The number of aliphatic hydroxyl groups excluding tert-OH is 4. The average molecular weight is 413 g/mol. The predicted molar refractivity (Wildman–Crippen MR) is 96.0 cm³/mol. The summed E-state index contributed by atoms with van der Waals surface area (Å²) in [6.07, 6.45) is 0. The zero-order chi connectivity index (χ0) is 17.8. The topological polar surface area (TPSA) is 197 Å². The molecule has 0 unspecified atom stereocenters. The van der Waals surface area contributed by atoms with E-state index in [1.54, 1.807) is 0 Å². The summed E-state index contributed by atoms with van der Waals surface area (Å²) in [6.45, 7) is 8.28. The van der Waals surface area contributed by atoms with Crippen molar-refractivity contribution in [1.29, 1.82) is 0 Å². The van der Waals surface area contributed by atoms with Gasteiger partial charge in [-0.05, 0) is 13.1 Å². The molecule has 0 bridgehead atoms. The van der Waals surface area contributed by atoms with Gasteiger partial charge in [0.25, 0.3) is 0 Å². The van der Waals surface area contributed by atoms with Gasteiger partial charge < -0.3 is 48.7 Å². The van der Waals surface area contributed by atoms with Gasteiger partial charge in [-0.3, -0.25) is 0 Å². The Hall–Kier alpha value is 0.424. The maximum absolute atomic E-state index is 7.75. The van der Waals surface area contributed by atoms with Crippen molar-refractivity contribution in [3.05, 3.63) is 0 Å². The van der Waals surface area contributed by atoms with Gasteiger partial charge in [-0.2, -0.15) is 0 Å². The van der Waals surface area contributed by atoms with Crippen LogP contribution in [0.15, 0.2) is 0 Å². The Morgan fingerprint density at radius 2 is 0.739 bits per heavy atom. The molecule has 0 radical (unpaired) electrons. The van der Waals surface area contributed by atoms with Crippen LogP contribution in [0.25, 0.3) is 0 Å². The zero-order valence-electron chi connectivity index (χ0n) is 14.4. The van der Waals surface area contributed by atoms with E-state index in [0.29, 0.717) is 26.2 Å². The van der Waals surface area contributed by atoms with E-state index < -0.39 is 0 Å². The first-order valence-electron chi connectivity index (χ1n) is 7.02. The maximum atomic E-state index is 7.75. The van der Waals surface area contributed by atoms with Crippen LogP contribution in [-0.2, 0) is 16.5 Å². The number of nitrogens with two attached hydrogens (primary N) is 4. The standard InChI is InChI=1S/C4H11N.4C2H7NO.ClH.Ni/c1-3-5-4-2;4*3-1-2-4;;/h5H,3-4H2,1-2H3;4*4H,1-3H2;1H;. The molecule has 0 atom stereocenters. The van der Waals surface area contributed by atoms with Crippen LogP contribution in [0, 0.1) is 0 Å². The van der Waals surface area contributed by atoms with Crippen LogP contribution in [-0.4, -0.2) is 86.1 Å². The third-order valence-corrected chi connectivity index (χ3v) is 1.02. The molecule has 0 heterocycles. The quantitative estimate of drug-likeness (QED) is 0.201. The first-order valence-corrected chi connectivity index (χ1v) is 7.02. The molecule has 11 heteroatoms. The third-order valence-electron chi connectivity index (χ3n) is 1.02. The van der Waals surface area contributed by atoms with Crippen molar-refractivity contribution in [3.63, 3.8) is 0 Å². The van der Waals surface area contributed by atoms with Crippen LogP contribution in [0.1, 0.15) is 13.8 Å². The molecule has 154 valence electrons. The van der Waals surface area contributed by atoms with Gasteiger partial charge in [0.2, 0.25) is 0 Å². The van der Waals surface area contributed by atoms with Crippen molar-refractivity contribution >= 4 is 12.4 Å². The molecule has 0 aliphatic rings. The van der Waals surface area contributed by atoms with Crippen LogP contribution in [0.3, 0.4) is 0 Å². The summed E-state index contributed by atoms with van der Waals surface area (Å²) in [5, 5.41) is 34.1. The van der Waals surface area contributed by atoms with Gasteiger partial charge in [0, 0.05) is 42.7 Å². The number of rotatable bonds is 6. The third kappa shape index (κ3) is 227. The monoisotopic (exact) mass is 411 g/mol. The second kappa shape index (κ2) is 78.9. The predicted octanol–water partition coefficient (Wildman–Crippen LogP) is -3.22. The fourth-order valence-electron chi connectivity index (χ4n) is 0.250. The summed E-state index contributed by atoms with van der Waals surface area (Å²) in [4.78, 5) is 0. The molecule has 0 rings (SSSR count). The smallest absolute Gasteiger partial charge is 0.0553 e. The molecule has 0 aromatic heterocycles. The van der Waals surface area contributed by atoms with Crippen molar-refractivity contribution in [2.75, 3.05) is 65.7 Å². The molecular weight excluding hydrogens is 372 g/mol. The second-order valence-electron chi connectivity index (χ2n) is 3.01. The van der Waals surface area contributed by atoms with Gasteiger partial charge in [-0.25, -0.2) is 0 Å². The van der Waals surface area contributed by atoms with Gasteiger partial charge in [0.15, 0.2) is 0 Å². The molecule has 13 N–H and O–H groups in total. The minimum Gasteiger partial charge on any atom is -0.395 e. The Bertz CT molecular complexity index is 91.5. The van der Waals surface area contributed by atoms with Crippen LogP contribution in [0.2, 0.25) is 0 Å². The average Bonchev–Trinajstić information content (AvgIpc) is 2.56. The SMILES string of the molecule is CCNCC.Cl.NCCO.NCCO.NCCO.NCCO.[Ni]. The van der Waals surface area contributed by atoms with Gasteiger partial charge in [0.05, 0.1) is 26.4 Å². The molecule has 0 saturated carbocycles. The van der Waals surface area contributed by atoms with E-state index in [2.05, 4.69) is 19.2 Å². The first kappa shape index (κ1) is 43.7. The van der Waals surface area contributed by atoms with E-state index >= 15 is 0 Å². The van der Waals surface area contributed by atoms with Crippen molar-refractivity contribution in [3.8, 4) is 0 Å². The Labute approximate surface area is 157 Å². The minimum absolute atomic E-state index is 0. The van der Waals surface area contributed by atoms with E-state index in [-0.39, 0.29) is 55.3 Å². The van der Waals surface area contributed by atoms with Crippen molar-refractivity contribution < 1.29 is 36.9 Å². The number of nitrogens with one attached hydrogen (secondary N) is 1. The van der Waals surface area contributed by atoms with Crippen LogP contribution < -0.4 is 28.3 Å². The summed E-state index contributed by atoms with van der Waals surface area (Å²) in [6, 6.07) is 0. The molecule has 0 amide bonds. The largest absolute Gasteiger partial charge is 0.395 e. The van der Waals surface area contributed by atoms with E-state index in [1.165, 1.54) is 0 Å². The Kier molecular flexibility index (Phi) is 150. The van der Waals surface area contributed by atoms with Gasteiger partial charge in [-0.15, -0.1) is 12.4 Å². The molecule has 0 aliphatic carbocycles. The zero-order valence-corrected chi connectivity index (χ0v) is 16.2. The molecule has 9 nitrogen and oxygen atoms in total. The number of aliphatic hydroxyl groups is 4. The summed E-state index contributed by atoms with van der Waals surface area (Å²) in [5.41, 5.74) is 19.1. The van der Waals surface area contributed by atoms with E-state index in [4.69, 9.17) is 43.4 Å². The molecule has 0 spiro atoms. The van der Waals surface area contributed by atoms with Gasteiger partial charge >= 0.3 is 0 Å². The minimum atomic E-state index is 0. The number of hydrogen-bond donors (Lipinski definition) is 9. The van der Waals surface area contributed by atoms with Crippen LogP contribution in [0.5, 0.6) is 0 Å². The number of hydrogen-bond acceptors (Lipinski definition) is 9. The molecule has 0 aromatic rings. The number of halogens is 1. The molecule has 23 heavy (non-hydrogen) atoms. The molecular formula is C12H40ClN5NiO4. The van der Waals surface area contributed by atoms with Gasteiger partial charge in [0.1, 0.15) is 0 Å². The fourth-order valence-corrected chi connectivity index (χ4v) is 0.250.